The Bertz CT molecular complexity index is 1330. The number of hydrogen-bond donors (Lipinski definition) is 1. The molecule has 0 fully saturated rings. The summed E-state index contributed by atoms with van der Waals surface area (Å²) in [6.45, 7) is 10.0. The molecule has 0 saturated carbocycles. The van der Waals surface area contributed by atoms with Crippen LogP contribution in [-0.4, -0.2) is 40.6 Å². The molecular formula is C26H28ClN5O2. The van der Waals surface area contributed by atoms with Crippen LogP contribution in [0.2, 0.25) is 5.02 Å². The molecule has 176 valence electrons. The van der Waals surface area contributed by atoms with Crippen molar-refractivity contribution in [1.29, 1.82) is 0 Å². The summed E-state index contributed by atoms with van der Waals surface area (Å²) in [6, 6.07) is 17.1. The van der Waals surface area contributed by atoms with Crippen molar-refractivity contribution >= 4 is 39.9 Å². The molecule has 1 aromatic heterocycles. The standard InChI is InChI=1S/C26H28ClN5O2/c1-5-31(6-2)19-11-12-24(18(4)13-19)32-29-22-14-17(3)21(15-23(22)30-32)28-26(33)16-34-25-10-8-7-9-20(25)27/h7-15H,5-6,16H2,1-4H3,(H,28,33). The minimum Gasteiger partial charge on any atom is -0.482 e. The first-order valence-corrected chi connectivity index (χ1v) is 11.7. The van der Waals surface area contributed by atoms with Crippen molar-refractivity contribution in [2.24, 2.45) is 0 Å². The summed E-state index contributed by atoms with van der Waals surface area (Å²) in [5.74, 6) is 0.189. The van der Waals surface area contributed by atoms with Gasteiger partial charge in [0.15, 0.2) is 6.61 Å². The van der Waals surface area contributed by atoms with Gasteiger partial charge in [-0.05, 0) is 81.3 Å². The van der Waals surface area contributed by atoms with Gasteiger partial charge in [-0.25, -0.2) is 0 Å². The van der Waals surface area contributed by atoms with Gasteiger partial charge in [-0.15, -0.1) is 10.2 Å². The molecule has 0 saturated heterocycles. The van der Waals surface area contributed by atoms with Crippen LogP contribution in [0.25, 0.3) is 16.7 Å². The number of ether oxygens (including phenoxy) is 1. The fraction of sp³-hybridized carbons (Fsp3) is 0.269. The second-order valence-corrected chi connectivity index (χ2v) is 8.46. The van der Waals surface area contributed by atoms with E-state index in [4.69, 9.17) is 16.3 Å². The highest BCUT2D eigenvalue weighted by molar-refractivity contribution is 6.32. The van der Waals surface area contributed by atoms with Crippen molar-refractivity contribution in [2.45, 2.75) is 27.7 Å². The van der Waals surface area contributed by atoms with E-state index in [-0.39, 0.29) is 12.5 Å². The third kappa shape index (κ3) is 4.99. The second kappa shape index (κ2) is 10.1. The number of anilines is 2. The summed E-state index contributed by atoms with van der Waals surface area (Å²) in [5, 5.41) is 12.7. The molecular weight excluding hydrogens is 450 g/mol. The van der Waals surface area contributed by atoms with Gasteiger partial charge in [0, 0.05) is 24.5 Å². The molecule has 0 bridgehead atoms. The Morgan fingerprint density at radius 3 is 2.38 bits per heavy atom. The van der Waals surface area contributed by atoms with Crippen molar-refractivity contribution in [3.05, 3.63) is 70.7 Å². The highest BCUT2D eigenvalue weighted by Gasteiger charge is 2.13. The zero-order valence-electron chi connectivity index (χ0n) is 19.8. The number of nitrogens with zero attached hydrogens (tertiary/aromatic N) is 4. The lowest BCUT2D eigenvalue weighted by Gasteiger charge is -2.22. The van der Waals surface area contributed by atoms with E-state index in [1.807, 2.05) is 31.2 Å². The van der Waals surface area contributed by atoms with Crippen LogP contribution in [0.3, 0.4) is 0 Å². The van der Waals surface area contributed by atoms with Gasteiger partial charge >= 0.3 is 0 Å². The van der Waals surface area contributed by atoms with Crippen LogP contribution in [0, 0.1) is 13.8 Å². The highest BCUT2D eigenvalue weighted by atomic mass is 35.5. The SMILES string of the molecule is CCN(CC)c1ccc(-n2nc3cc(C)c(NC(=O)COc4ccccc4Cl)cc3n2)c(C)c1. The quantitative estimate of drug-likeness (QED) is 0.360. The van der Waals surface area contributed by atoms with Crippen molar-refractivity contribution in [3.8, 4) is 11.4 Å². The van der Waals surface area contributed by atoms with Crippen molar-refractivity contribution in [3.63, 3.8) is 0 Å². The molecule has 1 heterocycles. The average molecular weight is 478 g/mol. The number of aromatic nitrogens is 3. The van der Waals surface area contributed by atoms with E-state index in [1.54, 1.807) is 23.0 Å². The monoisotopic (exact) mass is 477 g/mol. The molecule has 0 radical (unpaired) electrons. The van der Waals surface area contributed by atoms with Gasteiger partial charge in [0.1, 0.15) is 16.8 Å². The topological polar surface area (TPSA) is 72.3 Å². The Labute approximate surface area is 204 Å². The van der Waals surface area contributed by atoms with Crippen LogP contribution in [0.4, 0.5) is 11.4 Å². The van der Waals surface area contributed by atoms with Gasteiger partial charge in [0.2, 0.25) is 0 Å². The van der Waals surface area contributed by atoms with E-state index in [9.17, 15) is 4.79 Å². The molecule has 8 heteroatoms. The number of rotatable bonds is 8. The van der Waals surface area contributed by atoms with E-state index in [0.717, 1.165) is 35.4 Å². The largest absolute Gasteiger partial charge is 0.482 e. The smallest absolute Gasteiger partial charge is 0.262 e. The highest BCUT2D eigenvalue weighted by Crippen LogP contribution is 2.26. The number of hydrogen-bond acceptors (Lipinski definition) is 5. The summed E-state index contributed by atoms with van der Waals surface area (Å²) in [5.41, 5.74) is 6.20. The lowest BCUT2D eigenvalue weighted by atomic mass is 10.1. The van der Waals surface area contributed by atoms with E-state index in [0.29, 0.717) is 22.0 Å². The summed E-state index contributed by atoms with van der Waals surface area (Å²) in [6.07, 6.45) is 0. The first kappa shape index (κ1) is 23.6. The second-order valence-electron chi connectivity index (χ2n) is 8.06. The zero-order chi connectivity index (χ0) is 24.2. The van der Waals surface area contributed by atoms with Crippen LogP contribution in [-0.2, 0) is 4.79 Å². The lowest BCUT2D eigenvalue weighted by Crippen LogP contribution is -2.21. The number of para-hydroxylation sites is 1. The molecule has 0 aliphatic rings. The molecule has 0 spiro atoms. The van der Waals surface area contributed by atoms with Crippen molar-refractivity contribution < 1.29 is 9.53 Å². The molecule has 0 unspecified atom stereocenters. The van der Waals surface area contributed by atoms with Crippen molar-refractivity contribution in [1.82, 2.24) is 15.0 Å². The molecule has 4 rings (SSSR count). The molecule has 3 aromatic carbocycles. The normalized spacial score (nSPS) is 11.0. The molecule has 0 atom stereocenters. The molecule has 0 aliphatic heterocycles. The van der Waals surface area contributed by atoms with Crippen LogP contribution < -0.4 is 15.0 Å². The van der Waals surface area contributed by atoms with E-state index in [2.05, 4.69) is 53.3 Å². The number of nitrogens with one attached hydrogen (secondary N) is 1. The predicted molar refractivity (Wildman–Crippen MR) is 137 cm³/mol. The van der Waals surface area contributed by atoms with Crippen molar-refractivity contribution in [2.75, 3.05) is 29.9 Å². The predicted octanol–water partition coefficient (Wildman–Crippen LogP) is 5.55. The first-order valence-electron chi connectivity index (χ1n) is 11.3. The van der Waals surface area contributed by atoms with E-state index >= 15 is 0 Å². The molecule has 0 aliphatic carbocycles. The third-order valence-electron chi connectivity index (χ3n) is 5.72. The molecule has 7 nitrogen and oxygen atoms in total. The lowest BCUT2D eigenvalue weighted by molar-refractivity contribution is -0.118. The number of carbonyl (C=O) groups is 1. The summed E-state index contributed by atoms with van der Waals surface area (Å²) in [4.78, 5) is 16.4. The Balaban J connectivity index is 1.53. The van der Waals surface area contributed by atoms with Gasteiger partial charge in [0.05, 0.1) is 10.7 Å². The number of halogens is 1. The number of amides is 1. The molecule has 34 heavy (non-hydrogen) atoms. The van der Waals surface area contributed by atoms with Gasteiger partial charge in [-0.3, -0.25) is 4.79 Å². The minimum atomic E-state index is -0.280. The number of carbonyl (C=O) groups excluding carboxylic acids is 1. The maximum Gasteiger partial charge on any atom is 0.262 e. The first-order chi connectivity index (χ1) is 16.4. The fourth-order valence-electron chi connectivity index (χ4n) is 3.85. The number of fused-ring (bicyclic) bond motifs is 1. The average Bonchev–Trinajstić information content (AvgIpc) is 3.22. The Morgan fingerprint density at radius 1 is 1.00 bits per heavy atom. The molecule has 1 N–H and O–H groups in total. The van der Waals surface area contributed by atoms with Gasteiger partial charge in [-0.1, -0.05) is 23.7 Å². The van der Waals surface area contributed by atoms with Crippen LogP contribution >= 0.6 is 11.6 Å². The Morgan fingerprint density at radius 2 is 1.71 bits per heavy atom. The number of benzene rings is 3. The fourth-order valence-corrected chi connectivity index (χ4v) is 4.04. The Kier molecular flexibility index (Phi) is 7.03. The van der Waals surface area contributed by atoms with Crippen LogP contribution in [0.1, 0.15) is 25.0 Å². The molecule has 4 aromatic rings. The third-order valence-corrected chi connectivity index (χ3v) is 6.03. The van der Waals surface area contributed by atoms with Gasteiger partial charge in [-0.2, -0.15) is 4.80 Å². The number of aryl methyl sites for hydroxylation is 2. The summed E-state index contributed by atoms with van der Waals surface area (Å²) >= 11 is 6.08. The maximum absolute atomic E-state index is 12.5. The summed E-state index contributed by atoms with van der Waals surface area (Å²) < 4.78 is 5.54. The Hall–Kier alpha value is -3.58. The van der Waals surface area contributed by atoms with E-state index in [1.165, 1.54) is 5.69 Å². The molecule has 1 amide bonds. The zero-order valence-corrected chi connectivity index (χ0v) is 20.6. The van der Waals surface area contributed by atoms with Crippen LogP contribution in [0.15, 0.2) is 54.6 Å². The van der Waals surface area contributed by atoms with Crippen LogP contribution in [0.5, 0.6) is 5.75 Å². The van der Waals surface area contributed by atoms with Gasteiger partial charge < -0.3 is 15.0 Å². The summed E-state index contributed by atoms with van der Waals surface area (Å²) in [7, 11) is 0. The maximum atomic E-state index is 12.5. The minimum absolute atomic E-state index is 0.147. The van der Waals surface area contributed by atoms with Gasteiger partial charge in [0.25, 0.3) is 5.91 Å². The van der Waals surface area contributed by atoms with E-state index < -0.39 is 0 Å².